The number of nitrogens with one attached hydrogen (secondary N) is 1. The molecule has 6 nitrogen and oxygen atoms in total. The molecule has 9 heteroatoms. The predicted molar refractivity (Wildman–Crippen MR) is 117 cm³/mol. The van der Waals surface area contributed by atoms with Gasteiger partial charge in [-0.3, -0.25) is 9.10 Å². The zero-order chi connectivity index (χ0) is 22.2. The Bertz CT molecular complexity index is 1250. The molecule has 0 aliphatic carbocycles. The van der Waals surface area contributed by atoms with Crippen molar-refractivity contribution >= 4 is 38.9 Å². The number of amides is 1. The number of aryl methyl sites for hydroxylation is 1. The molecule has 1 aliphatic rings. The van der Waals surface area contributed by atoms with Gasteiger partial charge in [-0.15, -0.1) is 0 Å². The first-order valence-corrected chi connectivity index (χ1v) is 11.2. The molecule has 31 heavy (non-hydrogen) atoms. The predicted octanol–water partition coefficient (Wildman–Crippen LogP) is 4.38. The van der Waals surface area contributed by atoms with Crippen LogP contribution in [-0.2, 0) is 14.8 Å². The van der Waals surface area contributed by atoms with Gasteiger partial charge >= 0.3 is 0 Å². The van der Waals surface area contributed by atoms with E-state index in [1.807, 2.05) is 6.92 Å². The number of nitrogens with zero attached hydrogens (tertiary/aromatic N) is 1. The number of hydrogen-bond acceptors (Lipinski definition) is 4. The average molecular weight is 461 g/mol. The van der Waals surface area contributed by atoms with Gasteiger partial charge in [-0.1, -0.05) is 41.4 Å². The molecule has 1 aliphatic heterocycles. The smallest absolute Gasteiger partial charge is 0.267 e. The Morgan fingerprint density at radius 3 is 2.55 bits per heavy atom. The Kier molecular flexibility index (Phi) is 5.60. The molecule has 0 spiro atoms. The largest absolute Gasteiger partial charge is 0.476 e. The van der Waals surface area contributed by atoms with Crippen molar-refractivity contribution < 1.29 is 22.3 Å². The summed E-state index contributed by atoms with van der Waals surface area (Å²) in [6.45, 7) is 1.55. The van der Waals surface area contributed by atoms with E-state index < -0.39 is 27.9 Å². The number of hydrogen-bond donors (Lipinski definition) is 1. The van der Waals surface area contributed by atoms with Gasteiger partial charge in [-0.25, -0.2) is 12.8 Å². The van der Waals surface area contributed by atoms with Gasteiger partial charge in [0.15, 0.2) is 6.10 Å². The molecule has 160 valence electrons. The lowest BCUT2D eigenvalue weighted by molar-refractivity contribution is -0.122. The average Bonchev–Trinajstić information content (AvgIpc) is 2.74. The Morgan fingerprint density at radius 1 is 1.13 bits per heavy atom. The van der Waals surface area contributed by atoms with E-state index in [1.165, 1.54) is 48.5 Å². The fourth-order valence-electron chi connectivity index (χ4n) is 3.20. The summed E-state index contributed by atoms with van der Waals surface area (Å²) in [6.07, 6.45) is -1.20. The van der Waals surface area contributed by atoms with E-state index in [-0.39, 0.29) is 28.6 Å². The minimum absolute atomic E-state index is 0.0223. The molecule has 1 heterocycles. The number of rotatable bonds is 4. The first-order valence-electron chi connectivity index (χ1n) is 9.37. The van der Waals surface area contributed by atoms with Crippen LogP contribution in [0, 0.1) is 12.7 Å². The Hall–Kier alpha value is -3.10. The third kappa shape index (κ3) is 4.22. The van der Waals surface area contributed by atoms with E-state index in [4.69, 9.17) is 16.3 Å². The number of carbonyl (C=O) groups excluding carboxylic acids is 1. The summed E-state index contributed by atoms with van der Waals surface area (Å²) in [6, 6.07) is 16.6. The number of anilines is 2. The van der Waals surface area contributed by atoms with Crippen molar-refractivity contribution in [3.63, 3.8) is 0 Å². The van der Waals surface area contributed by atoms with Crippen LogP contribution in [0.1, 0.15) is 5.56 Å². The molecule has 1 amide bonds. The van der Waals surface area contributed by atoms with Gasteiger partial charge in [0.25, 0.3) is 15.9 Å². The molecule has 3 aromatic carbocycles. The van der Waals surface area contributed by atoms with Crippen molar-refractivity contribution in [3.05, 3.63) is 83.1 Å². The van der Waals surface area contributed by atoms with Crippen molar-refractivity contribution in [1.29, 1.82) is 0 Å². The monoisotopic (exact) mass is 460 g/mol. The van der Waals surface area contributed by atoms with E-state index in [9.17, 15) is 17.6 Å². The van der Waals surface area contributed by atoms with E-state index in [2.05, 4.69) is 5.32 Å². The lowest BCUT2D eigenvalue weighted by Gasteiger charge is -2.35. The summed E-state index contributed by atoms with van der Waals surface area (Å²) >= 11 is 6.08. The van der Waals surface area contributed by atoms with Gasteiger partial charge in [0, 0.05) is 5.02 Å². The van der Waals surface area contributed by atoms with Gasteiger partial charge in [0.2, 0.25) is 0 Å². The highest BCUT2D eigenvalue weighted by molar-refractivity contribution is 7.92. The Balaban J connectivity index is 1.71. The second kappa shape index (κ2) is 8.20. The van der Waals surface area contributed by atoms with Crippen LogP contribution in [0.15, 0.2) is 71.6 Å². The molecule has 1 N–H and O–H groups in total. The van der Waals surface area contributed by atoms with E-state index in [0.717, 1.165) is 9.87 Å². The van der Waals surface area contributed by atoms with Gasteiger partial charge in [-0.2, -0.15) is 0 Å². The lowest BCUT2D eigenvalue weighted by atomic mass is 10.2. The van der Waals surface area contributed by atoms with E-state index in [0.29, 0.717) is 5.02 Å². The molecule has 0 aromatic heterocycles. The quantitative estimate of drug-likeness (QED) is 0.626. The highest BCUT2D eigenvalue weighted by Gasteiger charge is 2.38. The van der Waals surface area contributed by atoms with Crippen LogP contribution >= 0.6 is 11.6 Å². The summed E-state index contributed by atoms with van der Waals surface area (Å²) in [4.78, 5) is 12.9. The number of para-hydroxylation sites is 1. The SMILES string of the molecule is Cc1ccc(S(=O)(=O)N2C[C@@H](C(=O)Nc3ccccc3F)Oc3ccc(Cl)cc32)cc1. The topological polar surface area (TPSA) is 75.7 Å². The van der Waals surface area contributed by atoms with Crippen molar-refractivity contribution in [2.75, 3.05) is 16.2 Å². The van der Waals surface area contributed by atoms with Crippen molar-refractivity contribution in [3.8, 4) is 5.75 Å². The van der Waals surface area contributed by atoms with Crippen molar-refractivity contribution in [2.45, 2.75) is 17.9 Å². The van der Waals surface area contributed by atoms with Crippen LogP contribution in [0.2, 0.25) is 5.02 Å². The van der Waals surface area contributed by atoms with E-state index in [1.54, 1.807) is 18.2 Å². The van der Waals surface area contributed by atoms with Crippen LogP contribution in [0.4, 0.5) is 15.8 Å². The van der Waals surface area contributed by atoms with Crippen molar-refractivity contribution in [2.24, 2.45) is 0 Å². The molecule has 0 bridgehead atoms. The fourth-order valence-corrected chi connectivity index (χ4v) is 4.84. The lowest BCUT2D eigenvalue weighted by Crippen LogP contribution is -2.48. The normalized spacial score (nSPS) is 15.7. The summed E-state index contributed by atoms with van der Waals surface area (Å²) in [7, 11) is -4.02. The summed E-state index contributed by atoms with van der Waals surface area (Å²) in [5.74, 6) is -1.10. The van der Waals surface area contributed by atoms with Crippen LogP contribution in [0.25, 0.3) is 0 Å². The second-order valence-electron chi connectivity index (χ2n) is 7.04. The van der Waals surface area contributed by atoms with Gasteiger partial charge < -0.3 is 10.1 Å². The van der Waals surface area contributed by atoms with Crippen molar-refractivity contribution in [1.82, 2.24) is 0 Å². The number of ether oxygens (including phenoxy) is 1. The van der Waals surface area contributed by atoms with Crippen LogP contribution < -0.4 is 14.4 Å². The molecular weight excluding hydrogens is 443 g/mol. The minimum Gasteiger partial charge on any atom is -0.476 e. The van der Waals surface area contributed by atoms with Crippen LogP contribution in [-0.4, -0.2) is 27.0 Å². The Labute approximate surface area is 184 Å². The Morgan fingerprint density at radius 2 is 1.84 bits per heavy atom. The molecule has 0 unspecified atom stereocenters. The maximum atomic E-state index is 13.9. The van der Waals surface area contributed by atoms with Crippen LogP contribution in [0.5, 0.6) is 5.75 Å². The van der Waals surface area contributed by atoms with Gasteiger partial charge in [0.05, 0.1) is 22.8 Å². The first kappa shape index (κ1) is 21.1. The molecule has 0 radical (unpaired) electrons. The van der Waals surface area contributed by atoms with Gasteiger partial charge in [0.1, 0.15) is 11.6 Å². The highest BCUT2D eigenvalue weighted by atomic mass is 35.5. The molecule has 3 aromatic rings. The summed E-state index contributed by atoms with van der Waals surface area (Å²) < 4.78 is 47.6. The molecule has 0 saturated heterocycles. The molecule has 1 atom stereocenters. The zero-order valence-corrected chi connectivity index (χ0v) is 18.0. The van der Waals surface area contributed by atoms with Crippen LogP contribution in [0.3, 0.4) is 0 Å². The van der Waals surface area contributed by atoms with Gasteiger partial charge in [-0.05, 0) is 49.4 Å². The minimum atomic E-state index is -4.02. The zero-order valence-electron chi connectivity index (χ0n) is 16.4. The third-order valence-electron chi connectivity index (χ3n) is 4.82. The van der Waals surface area contributed by atoms with E-state index >= 15 is 0 Å². The molecule has 0 saturated carbocycles. The third-order valence-corrected chi connectivity index (χ3v) is 6.85. The molecule has 4 rings (SSSR count). The standard InChI is InChI=1S/C22H18ClFN2O4S/c1-14-6-9-16(10-7-14)31(28,29)26-13-21(30-20-11-8-15(23)12-19(20)26)22(27)25-18-5-3-2-4-17(18)24/h2-12,21H,13H2,1H3,(H,25,27)/t21-/m0/s1. The number of halogens is 2. The maximum absolute atomic E-state index is 13.9. The number of fused-ring (bicyclic) bond motifs is 1. The first-order chi connectivity index (χ1) is 14.8. The maximum Gasteiger partial charge on any atom is 0.267 e. The molecule has 0 fully saturated rings. The summed E-state index contributed by atoms with van der Waals surface area (Å²) in [5, 5.41) is 2.77. The highest BCUT2D eigenvalue weighted by Crippen LogP contribution is 2.39. The number of benzene rings is 3. The molecular formula is C22H18ClFN2O4S. The number of carbonyl (C=O) groups is 1. The summed E-state index contributed by atoms with van der Waals surface area (Å²) in [5.41, 5.74) is 1.11. The number of sulfonamides is 1. The fraction of sp³-hybridized carbons (Fsp3) is 0.136. The second-order valence-corrected chi connectivity index (χ2v) is 9.34.